The Morgan fingerprint density at radius 2 is 2.14 bits per heavy atom. The van der Waals surface area contributed by atoms with Gasteiger partial charge in [0.2, 0.25) is 11.9 Å². The van der Waals surface area contributed by atoms with Gasteiger partial charge in [-0.05, 0) is 22.9 Å². The molecule has 10 heteroatoms. The third kappa shape index (κ3) is 2.90. The summed E-state index contributed by atoms with van der Waals surface area (Å²) in [5, 5.41) is 11.6. The monoisotopic (exact) mass is 354 g/mol. The summed E-state index contributed by atoms with van der Waals surface area (Å²) in [5.41, 5.74) is 6.26. The molecule has 0 saturated carbocycles. The summed E-state index contributed by atoms with van der Waals surface area (Å²) in [6.45, 7) is 4.45. The number of morpholine rings is 1. The maximum Gasteiger partial charge on any atom is 0.248 e. The van der Waals surface area contributed by atoms with Crippen LogP contribution >= 0.6 is 15.9 Å². The van der Waals surface area contributed by atoms with Gasteiger partial charge in [0.15, 0.2) is 5.65 Å². The fraction of sp³-hybridized carbons (Fsp3) is 0.455. The average Bonchev–Trinajstić information content (AvgIpc) is 2.87. The number of amidine groups is 1. The van der Waals surface area contributed by atoms with Crippen LogP contribution in [0, 0.1) is 5.41 Å². The van der Waals surface area contributed by atoms with Gasteiger partial charge in [0.1, 0.15) is 5.84 Å². The van der Waals surface area contributed by atoms with E-state index in [0.29, 0.717) is 30.8 Å². The number of aromatic nitrogens is 4. The van der Waals surface area contributed by atoms with Crippen molar-refractivity contribution in [2.75, 3.05) is 36.6 Å². The second-order valence-electron chi connectivity index (χ2n) is 4.55. The normalized spacial score (nSPS) is 15.2. The van der Waals surface area contributed by atoms with Gasteiger partial charge in [-0.1, -0.05) is 0 Å². The largest absolute Gasteiger partial charge is 0.378 e. The highest BCUT2D eigenvalue weighted by atomic mass is 79.9. The van der Waals surface area contributed by atoms with Gasteiger partial charge in [0, 0.05) is 13.1 Å². The van der Waals surface area contributed by atoms with E-state index in [1.54, 1.807) is 17.6 Å². The van der Waals surface area contributed by atoms with E-state index < -0.39 is 0 Å². The summed E-state index contributed by atoms with van der Waals surface area (Å²) >= 11 is 3.43. The third-order valence-corrected chi connectivity index (χ3v) is 3.53. The number of hydrazine groups is 1. The summed E-state index contributed by atoms with van der Waals surface area (Å²) < 4.78 is 7.71. The van der Waals surface area contributed by atoms with E-state index in [2.05, 4.69) is 46.7 Å². The predicted molar refractivity (Wildman–Crippen MR) is 81.7 cm³/mol. The molecule has 2 aromatic heterocycles. The van der Waals surface area contributed by atoms with Crippen LogP contribution in [0.5, 0.6) is 0 Å². The van der Waals surface area contributed by atoms with Gasteiger partial charge in [0.25, 0.3) is 0 Å². The lowest BCUT2D eigenvalue weighted by atomic mass is 10.4. The first-order chi connectivity index (χ1) is 10.1. The summed E-state index contributed by atoms with van der Waals surface area (Å²) in [4.78, 5) is 11.1. The molecule has 0 spiro atoms. The van der Waals surface area contributed by atoms with Crippen molar-refractivity contribution >= 4 is 39.3 Å². The third-order valence-electron chi connectivity index (χ3n) is 2.97. The van der Waals surface area contributed by atoms with E-state index in [1.165, 1.54) is 0 Å². The highest BCUT2D eigenvalue weighted by Gasteiger charge is 2.18. The molecule has 112 valence electrons. The van der Waals surface area contributed by atoms with Crippen molar-refractivity contribution < 1.29 is 4.74 Å². The number of hydrogen-bond donors (Lipinski definition) is 3. The first kappa shape index (κ1) is 14.0. The Balaban J connectivity index is 2.00. The van der Waals surface area contributed by atoms with E-state index in [9.17, 15) is 0 Å². The van der Waals surface area contributed by atoms with Crippen LogP contribution in [0.4, 0.5) is 11.9 Å². The molecule has 1 aliphatic heterocycles. The van der Waals surface area contributed by atoms with Crippen LogP contribution < -0.4 is 15.8 Å². The molecule has 0 aromatic carbocycles. The molecule has 3 N–H and O–H groups in total. The fourth-order valence-corrected chi connectivity index (χ4v) is 2.32. The Morgan fingerprint density at radius 1 is 1.38 bits per heavy atom. The topological polar surface area (TPSA) is 103 Å². The maximum atomic E-state index is 7.42. The van der Waals surface area contributed by atoms with Gasteiger partial charge in [0.05, 0.1) is 23.9 Å². The van der Waals surface area contributed by atoms with Gasteiger partial charge in [-0.3, -0.25) is 16.3 Å². The van der Waals surface area contributed by atoms with Crippen molar-refractivity contribution in [2.24, 2.45) is 0 Å². The minimum Gasteiger partial charge on any atom is -0.378 e. The number of fused-ring (bicyclic) bond motifs is 1. The SMILES string of the molecule is CC(=N)NNc1nc(N2CCOCC2)nc2c(Br)cnn12. The number of nitrogens with zero attached hydrogens (tertiary/aromatic N) is 5. The highest BCUT2D eigenvalue weighted by Crippen LogP contribution is 2.21. The Bertz CT molecular complexity index is 666. The molecule has 3 heterocycles. The Kier molecular flexibility index (Phi) is 3.88. The summed E-state index contributed by atoms with van der Waals surface area (Å²) in [6.07, 6.45) is 1.66. The lowest BCUT2D eigenvalue weighted by Gasteiger charge is -2.27. The molecule has 0 bridgehead atoms. The molecule has 1 fully saturated rings. The molecular weight excluding hydrogens is 340 g/mol. The zero-order chi connectivity index (χ0) is 14.8. The van der Waals surface area contributed by atoms with E-state index in [-0.39, 0.29) is 5.84 Å². The molecule has 0 radical (unpaired) electrons. The number of anilines is 2. The van der Waals surface area contributed by atoms with E-state index >= 15 is 0 Å². The molecule has 0 atom stereocenters. The second kappa shape index (κ2) is 5.82. The van der Waals surface area contributed by atoms with Gasteiger partial charge in [-0.15, -0.1) is 0 Å². The molecule has 21 heavy (non-hydrogen) atoms. The standard InChI is InChI=1S/C11H15BrN8O/c1-7(13)17-18-11-16-10(19-2-4-21-5-3-19)15-9-8(12)6-14-20(9)11/h6H,2-5H2,1H3,(H2,13,17)(H,15,16,18). The number of hydrogen-bond acceptors (Lipinski definition) is 7. The van der Waals surface area contributed by atoms with Crippen LogP contribution in [-0.2, 0) is 4.74 Å². The number of nitrogens with one attached hydrogen (secondary N) is 3. The Labute approximate surface area is 129 Å². The molecule has 0 unspecified atom stereocenters. The van der Waals surface area contributed by atoms with Crippen molar-refractivity contribution in [1.29, 1.82) is 5.41 Å². The predicted octanol–water partition coefficient (Wildman–Crippen LogP) is 0.637. The zero-order valence-electron chi connectivity index (χ0n) is 11.4. The van der Waals surface area contributed by atoms with Gasteiger partial charge in [-0.25, -0.2) is 0 Å². The molecule has 2 aromatic rings. The lowest BCUT2D eigenvalue weighted by Crippen LogP contribution is -2.38. The smallest absolute Gasteiger partial charge is 0.248 e. The summed E-state index contributed by atoms with van der Waals surface area (Å²) in [5.74, 6) is 1.36. The van der Waals surface area contributed by atoms with Crippen LogP contribution in [-0.4, -0.2) is 51.7 Å². The van der Waals surface area contributed by atoms with Crippen LogP contribution in [0.3, 0.4) is 0 Å². The molecular formula is C11H15BrN8O. The average molecular weight is 355 g/mol. The lowest BCUT2D eigenvalue weighted by molar-refractivity contribution is 0.122. The first-order valence-corrected chi connectivity index (χ1v) is 7.25. The molecule has 0 amide bonds. The molecule has 3 rings (SSSR count). The van der Waals surface area contributed by atoms with Crippen LogP contribution in [0.25, 0.3) is 5.65 Å². The van der Waals surface area contributed by atoms with E-state index in [0.717, 1.165) is 17.6 Å². The van der Waals surface area contributed by atoms with Crippen molar-refractivity contribution in [1.82, 2.24) is 25.0 Å². The first-order valence-electron chi connectivity index (χ1n) is 6.46. The zero-order valence-corrected chi connectivity index (χ0v) is 13.0. The van der Waals surface area contributed by atoms with E-state index in [1.807, 2.05) is 0 Å². The van der Waals surface area contributed by atoms with Gasteiger partial charge in [-0.2, -0.15) is 19.6 Å². The summed E-state index contributed by atoms with van der Waals surface area (Å²) in [6, 6.07) is 0. The number of rotatable bonds is 3. The molecule has 1 aliphatic rings. The second-order valence-corrected chi connectivity index (χ2v) is 5.40. The fourth-order valence-electron chi connectivity index (χ4n) is 1.97. The summed E-state index contributed by atoms with van der Waals surface area (Å²) in [7, 11) is 0. The van der Waals surface area contributed by atoms with Crippen molar-refractivity contribution in [3.63, 3.8) is 0 Å². The van der Waals surface area contributed by atoms with Crippen LogP contribution in [0.15, 0.2) is 10.7 Å². The quantitative estimate of drug-likeness (QED) is 0.422. The minimum atomic E-state index is 0.279. The molecule has 1 saturated heterocycles. The maximum absolute atomic E-state index is 7.42. The van der Waals surface area contributed by atoms with Gasteiger partial charge >= 0.3 is 0 Å². The molecule has 9 nitrogen and oxygen atoms in total. The highest BCUT2D eigenvalue weighted by molar-refractivity contribution is 9.10. The van der Waals surface area contributed by atoms with Crippen molar-refractivity contribution in [3.05, 3.63) is 10.7 Å². The minimum absolute atomic E-state index is 0.279. The number of ether oxygens (including phenoxy) is 1. The van der Waals surface area contributed by atoms with E-state index in [4.69, 9.17) is 10.1 Å². The van der Waals surface area contributed by atoms with Gasteiger partial charge < -0.3 is 9.64 Å². The van der Waals surface area contributed by atoms with Crippen LogP contribution in [0.1, 0.15) is 6.92 Å². The van der Waals surface area contributed by atoms with Crippen molar-refractivity contribution in [2.45, 2.75) is 6.92 Å². The van der Waals surface area contributed by atoms with Crippen molar-refractivity contribution in [3.8, 4) is 0 Å². The van der Waals surface area contributed by atoms with Crippen LogP contribution in [0.2, 0.25) is 0 Å². The Hall–Kier alpha value is -1.94. The molecule has 0 aliphatic carbocycles. The number of halogens is 1. The Morgan fingerprint density at radius 3 is 2.86 bits per heavy atom.